The molecule has 2 aromatic carbocycles. The zero-order valence-electron chi connectivity index (χ0n) is 17.9. The Balaban J connectivity index is 1.32. The third kappa shape index (κ3) is 5.54. The minimum Gasteiger partial charge on any atom is -0.384 e. The van der Waals surface area contributed by atoms with Gasteiger partial charge in [0.1, 0.15) is 0 Å². The first-order chi connectivity index (χ1) is 15.1. The van der Waals surface area contributed by atoms with Crippen LogP contribution in [0.5, 0.6) is 0 Å². The maximum Gasteiger partial charge on any atom is 0.222 e. The molecule has 5 nitrogen and oxygen atoms in total. The van der Waals surface area contributed by atoms with Crippen LogP contribution in [0.1, 0.15) is 18.4 Å². The summed E-state index contributed by atoms with van der Waals surface area (Å²) in [5.41, 5.74) is 3.18. The number of nitrogens with zero attached hydrogens (tertiary/aromatic N) is 3. The fourth-order valence-electron chi connectivity index (χ4n) is 4.28. The number of benzene rings is 2. The molecule has 3 aromatic rings. The van der Waals surface area contributed by atoms with Crippen molar-refractivity contribution in [3.8, 4) is 0 Å². The quantitative estimate of drug-likeness (QED) is 0.555. The Morgan fingerprint density at radius 1 is 1.16 bits per heavy atom. The molecule has 1 N–H and O–H groups in total. The summed E-state index contributed by atoms with van der Waals surface area (Å²) in [6, 6.07) is 18.4. The molecule has 0 aliphatic carbocycles. The van der Waals surface area contributed by atoms with Gasteiger partial charge in [0, 0.05) is 60.9 Å². The van der Waals surface area contributed by atoms with E-state index < -0.39 is 0 Å². The number of amides is 1. The van der Waals surface area contributed by atoms with Gasteiger partial charge >= 0.3 is 0 Å². The predicted octanol–water partition coefficient (Wildman–Crippen LogP) is 4.47. The van der Waals surface area contributed by atoms with Gasteiger partial charge < -0.3 is 15.1 Å². The standard InChI is InChI=1S/C25H29ClN4O/c1-29-14-15-30(21(18-29)16-19-6-3-2-4-7-19)25(31)8-5-12-27-23-11-13-28-24-17-20(26)9-10-22(23)24/h2-4,6-7,9-11,13,17,21H,5,8,12,14-16,18H2,1H3,(H,27,28). The number of aromatic nitrogens is 1. The van der Waals surface area contributed by atoms with Crippen LogP contribution in [0.25, 0.3) is 10.9 Å². The highest BCUT2D eigenvalue weighted by Gasteiger charge is 2.28. The first-order valence-corrected chi connectivity index (χ1v) is 11.3. The lowest BCUT2D eigenvalue weighted by molar-refractivity contribution is -0.135. The number of anilines is 1. The second-order valence-electron chi connectivity index (χ2n) is 8.24. The molecule has 1 unspecified atom stereocenters. The molecule has 1 amide bonds. The summed E-state index contributed by atoms with van der Waals surface area (Å²) in [5, 5.41) is 5.18. The zero-order valence-corrected chi connectivity index (χ0v) is 18.7. The van der Waals surface area contributed by atoms with E-state index in [1.54, 1.807) is 6.20 Å². The fourth-order valence-corrected chi connectivity index (χ4v) is 4.45. The van der Waals surface area contributed by atoms with Crippen molar-refractivity contribution in [1.82, 2.24) is 14.8 Å². The molecule has 0 saturated carbocycles. The second-order valence-corrected chi connectivity index (χ2v) is 8.68. The summed E-state index contributed by atoms with van der Waals surface area (Å²) in [7, 11) is 2.13. The molecule has 2 heterocycles. The minimum atomic E-state index is 0.232. The van der Waals surface area contributed by atoms with Crippen LogP contribution in [-0.2, 0) is 11.2 Å². The van der Waals surface area contributed by atoms with Crippen LogP contribution in [0.2, 0.25) is 5.02 Å². The average Bonchev–Trinajstić information content (AvgIpc) is 2.77. The van der Waals surface area contributed by atoms with Gasteiger partial charge in [-0.3, -0.25) is 9.78 Å². The van der Waals surface area contributed by atoms with Crippen LogP contribution in [0.4, 0.5) is 5.69 Å². The van der Waals surface area contributed by atoms with Gasteiger partial charge in [0.25, 0.3) is 0 Å². The molecule has 0 spiro atoms. The Hall–Kier alpha value is -2.63. The van der Waals surface area contributed by atoms with Crippen LogP contribution < -0.4 is 5.32 Å². The van der Waals surface area contributed by atoms with Crippen molar-refractivity contribution in [2.75, 3.05) is 38.5 Å². The highest BCUT2D eigenvalue weighted by atomic mass is 35.5. The lowest BCUT2D eigenvalue weighted by Crippen LogP contribution is -2.54. The maximum atomic E-state index is 13.0. The molecule has 1 atom stereocenters. The number of likely N-dealkylation sites (N-methyl/N-ethyl adjacent to an activating group) is 1. The number of fused-ring (bicyclic) bond motifs is 1. The number of nitrogens with one attached hydrogen (secondary N) is 1. The van der Waals surface area contributed by atoms with E-state index in [0.717, 1.165) is 55.6 Å². The molecule has 0 radical (unpaired) electrons. The van der Waals surface area contributed by atoms with E-state index in [-0.39, 0.29) is 11.9 Å². The summed E-state index contributed by atoms with van der Waals surface area (Å²) < 4.78 is 0. The molecule has 31 heavy (non-hydrogen) atoms. The number of hydrogen-bond donors (Lipinski definition) is 1. The van der Waals surface area contributed by atoms with Crippen molar-refractivity contribution < 1.29 is 4.79 Å². The van der Waals surface area contributed by atoms with Gasteiger partial charge in [-0.15, -0.1) is 0 Å². The van der Waals surface area contributed by atoms with Gasteiger partial charge in [-0.1, -0.05) is 41.9 Å². The van der Waals surface area contributed by atoms with Crippen LogP contribution in [0.15, 0.2) is 60.8 Å². The topological polar surface area (TPSA) is 48.5 Å². The van der Waals surface area contributed by atoms with Crippen molar-refractivity contribution in [2.45, 2.75) is 25.3 Å². The van der Waals surface area contributed by atoms with Crippen LogP contribution in [-0.4, -0.2) is 60.0 Å². The predicted molar refractivity (Wildman–Crippen MR) is 128 cm³/mol. The van der Waals surface area contributed by atoms with Gasteiger partial charge in [0.2, 0.25) is 5.91 Å². The van der Waals surface area contributed by atoms with Crippen molar-refractivity contribution in [3.05, 3.63) is 71.4 Å². The number of halogens is 1. The number of carbonyl (C=O) groups excluding carboxylic acids is 1. The highest BCUT2D eigenvalue weighted by molar-refractivity contribution is 6.31. The number of rotatable bonds is 7. The summed E-state index contributed by atoms with van der Waals surface area (Å²) in [6.07, 6.45) is 4.03. The van der Waals surface area contributed by atoms with Crippen molar-refractivity contribution in [2.24, 2.45) is 0 Å². The van der Waals surface area contributed by atoms with Crippen LogP contribution >= 0.6 is 11.6 Å². The molecule has 6 heteroatoms. The Kier molecular flexibility index (Phi) is 7.05. The van der Waals surface area contributed by atoms with Crippen molar-refractivity contribution >= 4 is 34.1 Å². The summed E-state index contributed by atoms with van der Waals surface area (Å²) in [6.45, 7) is 3.39. The summed E-state index contributed by atoms with van der Waals surface area (Å²) in [4.78, 5) is 21.8. The smallest absolute Gasteiger partial charge is 0.222 e. The van der Waals surface area contributed by atoms with E-state index in [4.69, 9.17) is 11.6 Å². The zero-order chi connectivity index (χ0) is 21.6. The van der Waals surface area contributed by atoms with Crippen molar-refractivity contribution in [1.29, 1.82) is 0 Å². The third-order valence-corrected chi connectivity index (χ3v) is 6.14. The Morgan fingerprint density at radius 3 is 2.84 bits per heavy atom. The molecule has 4 rings (SSSR count). The minimum absolute atomic E-state index is 0.232. The monoisotopic (exact) mass is 436 g/mol. The van der Waals surface area contributed by atoms with E-state index in [1.165, 1.54) is 5.56 Å². The Bertz CT molecular complexity index is 1030. The third-order valence-electron chi connectivity index (χ3n) is 5.91. The molecule has 1 aliphatic rings. The number of hydrogen-bond acceptors (Lipinski definition) is 4. The molecule has 1 aliphatic heterocycles. The first kappa shape index (κ1) is 21.6. The molecule has 1 saturated heterocycles. The van der Waals surface area contributed by atoms with Crippen LogP contribution in [0.3, 0.4) is 0 Å². The van der Waals surface area contributed by atoms with E-state index >= 15 is 0 Å². The maximum absolute atomic E-state index is 13.0. The molecule has 1 fully saturated rings. The van der Waals surface area contributed by atoms with Gasteiger partial charge in [-0.05, 0) is 49.7 Å². The normalized spacial score (nSPS) is 17.1. The van der Waals surface area contributed by atoms with E-state index in [9.17, 15) is 4.79 Å². The van der Waals surface area contributed by atoms with Gasteiger partial charge in [-0.25, -0.2) is 0 Å². The largest absolute Gasteiger partial charge is 0.384 e. The number of carbonyl (C=O) groups is 1. The van der Waals surface area contributed by atoms with Gasteiger partial charge in [0.15, 0.2) is 0 Å². The molecular weight excluding hydrogens is 408 g/mol. The first-order valence-electron chi connectivity index (χ1n) is 10.9. The lowest BCUT2D eigenvalue weighted by Gasteiger charge is -2.40. The average molecular weight is 437 g/mol. The highest BCUT2D eigenvalue weighted by Crippen LogP contribution is 2.24. The second kappa shape index (κ2) is 10.1. The molecule has 0 bridgehead atoms. The van der Waals surface area contributed by atoms with Crippen LogP contribution in [0, 0.1) is 0 Å². The van der Waals surface area contributed by atoms with Gasteiger partial charge in [0.05, 0.1) is 5.52 Å². The number of pyridine rings is 1. The molecule has 162 valence electrons. The fraction of sp³-hybridized carbons (Fsp3) is 0.360. The SMILES string of the molecule is CN1CCN(C(=O)CCCNc2ccnc3cc(Cl)ccc23)C(Cc2ccccc2)C1. The van der Waals surface area contributed by atoms with Gasteiger partial charge in [-0.2, -0.15) is 0 Å². The Morgan fingerprint density at radius 2 is 2.00 bits per heavy atom. The van der Waals surface area contributed by atoms with Crippen molar-refractivity contribution in [3.63, 3.8) is 0 Å². The summed E-state index contributed by atoms with van der Waals surface area (Å²) in [5.74, 6) is 0.252. The van der Waals surface area contributed by atoms with E-state index in [1.807, 2.05) is 30.3 Å². The number of piperazine rings is 1. The Labute approximate surface area is 189 Å². The summed E-state index contributed by atoms with van der Waals surface area (Å²) >= 11 is 6.07. The molecule has 1 aromatic heterocycles. The van der Waals surface area contributed by atoms with E-state index in [0.29, 0.717) is 11.4 Å². The van der Waals surface area contributed by atoms with E-state index in [2.05, 4.69) is 51.4 Å². The molecular formula is C25H29ClN4O. The lowest BCUT2D eigenvalue weighted by atomic mass is 10.0.